The molecular weight excluding hydrogens is 124 g/mol. The summed E-state index contributed by atoms with van der Waals surface area (Å²) in [6.45, 7) is 8.13. The van der Waals surface area contributed by atoms with Gasteiger partial charge in [-0.3, -0.25) is 0 Å². The van der Waals surface area contributed by atoms with Gasteiger partial charge in [0.05, 0.1) is 6.10 Å². The third kappa shape index (κ3) is 3.67. The van der Waals surface area contributed by atoms with Crippen LogP contribution in [0.3, 0.4) is 0 Å². The van der Waals surface area contributed by atoms with E-state index in [1.165, 1.54) is 0 Å². The van der Waals surface area contributed by atoms with Crippen LogP contribution >= 0.6 is 0 Å². The summed E-state index contributed by atoms with van der Waals surface area (Å²) in [6, 6.07) is 0. The van der Waals surface area contributed by atoms with E-state index >= 15 is 0 Å². The highest BCUT2D eigenvalue weighted by molar-refractivity contribution is 5.06. The second kappa shape index (κ2) is 4.51. The molecule has 60 valence electrons. The summed E-state index contributed by atoms with van der Waals surface area (Å²) in [5.74, 6) is 0.546. The average Bonchev–Trinajstić information content (AvgIpc) is 1.81. The quantitative estimate of drug-likeness (QED) is 0.600. The van der Waals surface area contributed by atoms with Gasteiger partial charge in [0, 0.05) is 0 Å². The second-order valence-corrected chi connectivity index (χ2v) is 3.02. The molecule has 0 radical (unpaired) electrons. The second-order valence-electron chi connectivity index (χ2n) is 3.02. The molecule has 1 N–H and O–H groups in total. The van der Waals surface area contributed by atoms with Crippen molar-refractivity contribution in [3.63, 3.8) is 0 Å². The van der Waals surface area contributed by atoms with E-state index in [2.05, 4.69) is 26.8 Å². The molecule has 0 aromatic heterocycles. The first kappa shape index (κ1) is 9.70. The van der Waals surface area contributed by atoms with Crippen LogP contribution in [0.4, 0.5) is 0 Å². The lowest BCUT2D eigenvalue weighted by Crippen LogP contribution is -2.04. The Hall–Kier alpha value is -0.300. The third-order valence-electron chi connectivity index (χ3n) is 1.49. The number of hydrogen-bond donors (Lipinski definition) is 1. The Morgan fingerprint density at radius 3 is 2.00 bits per heavy atom. The lowest BCUT2D eigenvalue weighted by atomic mass is 10.0. The van der Waals surface area contributed by atoms with E-state index in [0.717, 1.165) is 12.0 Å². The lowest BCUT2D eigenvalue weighted by molar-refractivity contribution is 0.227. The zero-order valence-electron chi connectivity index (χ0n) is 7.39. The topological polar surface area (TPSA) is 20.2 Å². The zero-order valence-corrected chi connectivity index (χ0v) is 7.39. The van der Waals surface area contributed by atoms with Gasteiger partial charge in [-0.1, -0.05) is 26.8 Å². The molecule has 0 saturated heterocycles. The minimum absolute atomic E-state index is 0.271. The van der Waals surface area contributed by atoms with E-state index in [0.29, 0.717) is 5.92 Å². The van der Waals surface area contributed by atoms with Crippen molar-refractivity contribution >= 4 is 0 Å². The fourth-order valence-corrected chi connectivity index (χ4v) is 0.981. The van der Waals surface area contributed by atoms with Crippen molar-refractivity contribution in [2.75, 3.05) is 0 Å². The number of rotatable bonds is 3. The highest BCUT2D eigenvalue weighted by Gasteiger charge is 2.01. The summed E-state index contributed by atoms with van der Waals surface area (Å²) in [4.78, 5) is 0. The molecule has 0 saturated carbocycles. The fourth-order valence-electron chi connectivity index (χ4n) is 0.981. The number of hydrogen-bond acceptors (Lipinski definition) is 1. The molecule has 10 heavy (non-hydrogen) atoms. The van der Waals surface area contributed by atoms with E-state index in [4.69, 9.17) is 0 Å². The Bertz CT molecular complexity index is 112. The van der Waals surface area contributed by atoms with E-state index in [1.807, 2.05) is 6.92 Å². The predicted octanol–water partition coefficient (Wildman–Crippen LogP) is 2.36. The first-order chi connectivity index (χ1) is 4.57. The van der Waals surface area contributed by atoms with Crippen molar-refractivity contribution in [2.24, 2.45) is 5.92 Å². The lowest BCUT2D eigenvalue weighted by Gasteiger charge is -2.08. The van der Waals surface area contributed by atoms with Crippen molar-refractivity contribution < 1.29 is 5.11 Å². The van der Waals surface area contributed by atoms with Crippen molar-refractivity contribution in [1.29, 1.82) is 0 Å². The molecule has 0 rings (SSSR count). The molecule has 1 unspecified atom stereocenters. The van der Waals surface area contributed by atoms with Crippen molar-refractivity contribution in [2.45, 2.75) is 40.2 Å². The highest BCUT2D eigenvalue weighted by atomic mass is 16.3. The normalized spacial score (nSPS) is 16.0. The Balaban J connectivity index is 4.04. The third-order valence-corrected chi connectivity index (χ3v) is 1.49. The number of allylic oxidation sites excluding steroid dienone is 1. The molecule has 0 aliphatic rings. The molecule has 0 aliphatic heterocycles. The van der Waals surface area contributed by atoms with Gasteiger partial charge >= 0.3 is 0 Å². The Morgan fingerprint density at radius 1 is 1.40 bits per heavy atom. The fraction of sp³-hybridized carbons (Fsp3) is 0.778. The minimum atomic E-state index is -0.271. The van der Waals surface area contributed by atoms with Crippen LogP contribution < -0.4 is 0 Å². The molecule has 1 atom stereocenters. The van der Waals surface area contributed by atoms with Gasteiger partial charge in [-0.25, -0.2) is 0 Å². The zero-order chi connectivity index (χ0) is 8.15. The Kier molecular flexibility index (Phi) is 4.37. The average molecular weight is 142 g/mol. The van der Waals surface area contributed by atoms with Crippen LogP contribution in [0.15, 0.2) is 11.6 Å². The minimum Gasteiger partial charge on any atom is -0.389 e. The first-order valence-electron chi connectivity index (χ1n) is 3.96. The van der Waals surface area contributed by atoms with Crippen molar-refractivity contribution in [3.05, 3.63) is 11.6 Å². The van der Waals surface area contributed by atoms with Gasteiger partial charge in [0.15, 0.2) is 0 Å². The summed E-state index contributed by atoms with van der Waals surface area (Å²) in [5.41, 5.74) is 1.15. The first-order valence-corrected chi connectivity index (χ1v) is 3.96. The van der Waals surface area contributed by atoms with Crippen LogP contribution in [0.2, 0.25) is 0 Å². The largest absolute Gasteiger partial charge is 0.389 e. The summed E-state index contributed by atoms with van der Waals surface area (Å²) < 4.78 is 0. The Morgan fingerprint density at radius 2 is 1.90 bits per heavy atom. The summed E-state index contributed by atoms with van der Waals surface area (Å²) in [5, 5.41) is 9.19. The molecule has 0 aromatic rings. The molecule has 1 heteroatoms. The Labute approximate surface area is 63.8 Å². The summed E-state index contributed by atoms with van der Waals surface area (Å²) in [6.07, 6.45) is 2.81. The van der Waals surface area contributed by atoms with Crippen LogP contribution in [-0.4, -0.2) is 11.2 Å². The maximum absolute atomic E-state index is 9.19. The van der Waals surface area contributed by atoms with Gasteiger partial charge in [0.2, 0.25) is 0 Å². The van der Waals surface area contributed by atoms with Crippen LogP contribution in [0.25, 0.3) is 0 Å². The van der Waals surface area contributed by atoms with Gasteiger partial charge < -0.3 is 5.11 Å². The van der Waals surface area contributed by atoms with Crippen LogP contribution in [-0.2, 0) is 0 Å². The van der Waals surface area contributed by atoms with Crippen LogP contribution in [0.1, 0.15) is 34.1 Å². The van der Waals surface area contributed by atoms with E-state index in [-0.39, 0.29) is 6.10 Å². The molecule has 0 bridgehead atoms. The molecular formula is C9H18O. The van der Waals surface area contributed by atoms with Crippen LogP contribution in [0.5, 0.6) is 0 Å². The number of aliphatic hydroxyl groups is 1. The summed E-state index contributed by atoms with van der Waals surface area (Å²) in [7, 11) is 0. The maximum atomic E-state index is 9.19. The van der Waals surface area contributed by atoms with Gasteiger partial charge in [-0.05, 0) is 24.8 Å². The van der Waals surface area contributed by atoms with Gasteiger partial charge in [0.1, 0.15) is 0 Å². The monoisotopic (exact) mass is 142 g/mol. The summed E-state index contributed by atoms with van der Waals surface area (Å²) >= 11 is 0. The highest BCUT2D eigenvalue weighted by Crippen LogP contribution is 2.10. The predicted molar refractivity (Wildman–Crippen MR) is 44.9 cm³/mol. The molecule has 0 spiro atoms. The maximum Gasteiger partial charge on any atom is 0.0721 e. The van der Waals surface area contributed by atoms with E-state index < -0.39 is 0 Å². The van der Waals surface area contributed by atoms with Gasteiger partial charge in [-0.2, -0.15) is 0 Å². The van der Waals surface area contributed by atoms with Crippen LogP contribution in [0, 0.1) is 5.92 Å². The van der Waals surface area contributed by atoms with E-state index in [9.17, 15) is 5.11 Å². The standard InChI is InChI=1S/C9H18O/c1-5-9(8(4)10)6-7(2)3/h6-8,10H,5H2,1-4H3. The van der Waals surface area contributed by atoms with Crippen molar-refractivity contribution in [3.8, 4) is 0 Å². The van der Waals surface area contributed by atoms with Gasteiger partial charge in [0.25, 0.3) is 0 Å². The van der Waals surface area contributed by atoms with E-state index in [1.54, 1.807) is 0 Å². The molecule has 0 aromatic carbocycles. The molecule has 0 fully saturated rings. The number of aliphatic hydroxyl groups excluding tert-OH is 1. The molecule has 1 nitrogen and oxygen atoms in total. The van der Waals surface area contributed by atoms with Crippen molar-refractivity contribution in [1.82, 2.24) is 0 Å². The molecule has 0 aliphatic carbocycles. The SMILES string of the molecule is CCC(=CC(C)C)C(C)O. The molecule has 0 amide bonds. The van der Waals surface area contributed by atoms with Gasteiger partial charge in [-0.15, -0.1) is 0 Å². The molecule has 0 heterocycles. The smallest absolute Gasteiger partial charge is 0.0721 e.